The number of nitrogens with zero attached hydrogens (tertiary/aromatic N) is 2. The molecule has 0 N–H and O–H groups in total. The summed E-state index contributed by atoms with van der Waals surface area (Å²) >= 11 is 0. The van der Waals surface area contributed by atoms with E-state index < -0.39 is 0 Å². The highest BCUT2D eigenvalue weighted by Gasteiger charge is 1.97. The van der Waals surface area contributed by atoms with E-state index in [1.165, 1.54) is 5.52 Å². The number of fused-ring (bicyclic) bond motifs is 1. The molecule has 0 radical (unpaired) electrons. The van der Waals surface area contributed by atoms with E-state index in [9.17, 15) is 0 Å². The van der Waals surface area contributed by atoms with Gasteiger partial charge in [-0.1, -0.05) is 31.2 Å². The molecule has 2 heteroatoms. The molecule has 14 heavy (non-hydrogen) atoms. The number of hydrogen-bond donors (Lipinski definition) is 0. The predicted molar refractivity (Wildman–Crippen MR) is 59.2 cm³/mol. The molecule has 0 fully saturated rings. The second-order valence-electron chi connectivity index (χ2n) is 3.27. The van der Waals surface area contributed by atoms with Crippen LogP contribution in [-0.4, -0.2) is 9.55 Å². The monoisotopic (exact) mass is 186 g/mol. The third kappa shape index (κ3) is 1.69. The molecule has 0 unspecified atom stereocenters. The summed E-state index contributed by atoms with van der Waals surface area (Å²) in [6.07, 6.45) is 7.33. The van der Waals surface area contributed by atoms with Gasteiger partial charge in [0.05, 0.1) is 17.4 Å². The molecule has 0 saturated heterocycles. The van der Waals surface area contributed by atoms with Crippen molar-refractivity contribution < 1.29 is 0 Å². The van der Waals surface area contributed by atoms with Crippen LogP contribution in [0.2, 0.25) is 0 Å². The van der Waals surface area contributed by atoms with Crippen molar-refractivity contribution in [3.8, 4) is 0 Å². The van der Waals surface area contributed by atoms with Gasteiger partial charge in [0.1, 0.15) is 0 Å². The first-order valence-electron chi connectivity index (χ1n) is 4.96. The third-order valence-corrected chi connectivity index (χ3v) is 2.23. The summed E-state index contributed by atoms with van der Waals surface area (Å²) < 4.78 is 2.15. The lowest BCUT2D eigenvalue weighted by atomic mass is 10.3. The third-order valence-electron chi connectivity index (χ3n) is 2.23. The maximum Gasteiger partial charge on any atom is 0.0961 e. The van der Waals surface area contributed by atoms with Crippen LogP contribution in [0, 0.1) is 0 Å². The van der Waals surface area contributed by atoms with Crippen molar-refractivity contribution in [3.63, 3.8) is 0 Å². The van der Waals surface area contributed by atoms with E-state index in [1.807, 2.05) is 24.5 Å². The average Bonchev–Trinajstić information content (AvgIpc) is 2.63. The zero-order valence-electron chi connectivity index (χ0n) is 8.35. The van der Waals surface area contributed by atoms with Crippen LogP contribution in [0.1, 0.15) is 13.3 Å². The van der Waals surface area contributed by atoms with Crippen molar-refractivity contribution >= 4 is 11.0 Å². The Hall–Kier alpha value is -1.57. The number of para-hydroxylation sites is 2. The Kier molecular flexibility index (Phi) is 2.63. The molecule has 0 spiro atoms. The molecule has 2 nitrogen and oxygen atoms in total. The number of benzene rings is 1. The number of hydrogen-bond acceptors (Lipinski definition) is 1. The summed E-state index contributed by atoms with van der Waals surface area (Å²) in [6, 6.07) is 8.20. The standard InChI is InChI=1S/C12H14N2/c1-2-3-6-9-14-10-13-11-7-4-5-8-12(11)14/h3-8,10H,2,9H2,1H3. The molecular formula is C12H14N2. The van der Waals surface area contributed by atoms with Crippen LogP contribution in [0.4, 0.5) is 0 Å². The van der Waals surface area contributed by atoms with Gasteiger partial charge >= 0.3 is 0 Å². The van der Waals surface area contributed by atoms with Crippen molar-refractivity contribution in [3.05, 3.63) is 42.7 Å². The SMILES string of the molecule is CCC=CCn1cnc2ccccc21. The first-order chi connectivity index (χ1) is 6.92. The molecule has 72 valence electrons. The van der Waals surface area contributed by atoms with Crippen LogP contribution in [0.3, 0.4) is 0 Å². The quantitative estimate of drug-likeness (QED) is 0.674. The summed E-state index contributed by atoms with van der Waals surface area (Å²) in [5.74, 6) is 0. The van der Waals surface area contributed by atoms with Crippen molar-refractivity contribution in [1.82, 2.24) is 9.55 Å². The van der Waals surface area contributed by atoms with Gasteiger partial charge in [0.15, 0.2) is 0 Å². The van der Waals surface area contributed by atoms with Crippen molar-refractivity contribution in [2.75, 3.05) is 0 Å². The molecule has 0 aliphatic heterocycles. The van der Waals surface area contributed by atoms with Crippen molar-refractivity contribution in [2.45, 2.75) is 19.9 Å². The Balaban J connectivity index is 2.29. The molecule has 0 aliphatic rings. The first kappa shape index (κ1) is 9.00. The summed E-state index contributed by atoms with van der Waals surface area (Å²) in [7, 11) is 0. The van der Waals surface area contributed by atoms with Gasteiger partial charge in [-0.2, -0.15) is 0 Å². The minimum absolute atomic E-state index is 0.911. The van der Waals surface area contributed by atoms with E-state index in [-0.39, 0.29) is 0 Å². The smallest absolute Gasteiger partial charge is 0.0961 e. The molecule has 0 amide bonds. The number of rotatable bonds is 3. The average molecular weight is 186 g/mol. The minimum atomic E-state index is 0.911. The van der Waals surface area contributed by atoms with Gasteiger partial charge < -0.3 is 4.57 Å². The van der Waals surface area contributed by atoms with Gasteiger partial charge in [-0.25, -0.2) is 4.98 Å². The highest BCUT2D eigenvalue weighted by Crippen LogP contribution is 2.11. The van der Waals surface area contributed by atoms with Crippen molar-refractivity contribution in [2.24, 2.45) is 0 Å². The van der Waals surface area contributed by atoms with Crippen LogP contribution in [0.5, 0.6) is 0 Å². The summed E-state index contributed by atoms with van der Waals surface area (Å²) in [6.45, 7) is 3.05. The normalized spacial score (nSPS) is 11.5. The fourth-order valence-electron chi connectivity index (χ4n) is 1.51. The molecular weight excluding hydrogens is 172 g/mol. The van der Waals surface area contributed by atoms with Crippen LogP contribution in [0.15, 0.2) is 42.7 Å². The van der Waals surface area contributed by atoms with Gasteiger partial charge in [-0.05, 0) is 18.6 Å². The Bertz CT molecular complexity index is 440. The van der Waals surface area contributed by atoms with E-state index in [0.717, 1.165) is 18.5 Å². The Morgan fingerprint density at radius 2 is 2.14 bits per heavy atom. The Morgan fingerprint density at radius 1 is 1.29 bits per heavy atom. The summed E-state index contributed by atoms with van der Waals surface area (Å²) in [4.78, 5) is 4.33. The van der Waals surface area contributed by atoms with Gasteiger partial charge in [-0.15, -0.1) is 0 Å². The van der Waals surface area contributed by atoms with E-state index >= 15 is 0 Å². The van der Waals surface area contributed by atoms with Gasteiger partial charge in [0, 0.05) is 6.54 Å². The lowest BCUT2D eigenvalue weighted by Gasteiger charge is -1.98. The second kappa shape index (κ2) is 4.09. The highest BCUT2D eigenvalue weighted by molar-refractivity contribution is 5.74. The molecule has 0 bridgehead atoms. The minimum Gasteiger partial charge on any atom is -0.327 e. The van der Waals surface area contributed by atoms with Gasteiger partial charge in [0.2, 0.25) is 0 Å². The van der Waals surface area contributed by atoms with Crippen LogP contribution >= 0.6 is 0 Å². The molecule has 1 heterocycles. The molecule has 1 aromatic heterocycles. The second-order valence-corrected chi connectivity index (χ2v) is 3.27. The molecule has 0 atom stereocenters. The van der Waals surface area contributed by atoms with E-state index in [4.69, 9.17) is 0 Å². The van der Waals surface area contributed by atoms with Crippen LogP contribution in [-0.2, 0) is 6.54 Å². The van der Waals surface area contributed by atoms with Gasteiger partial charge in [0.25, 0.3) is 0 Å². The maximum atomic E-state index is 4.33. The topological polar surface area (TPSA) is 17.8 Å². The number of imidazole rings is 1. The lowest BCUT2D eigenvalue weighted by Crippen LogP contribution is -1.91. The van der Waals surface area contributed by atoms with E-state index in [1.54, 1.807) is 0 Å². The zero-order valence-corrected chi connectivity index (χ0v) is 8.35. The molecule has 2 rings (SSSR count). The largest absolute Gasteiger partial charge is 0.327 e. The predicted octanol–water partition coefficient (Wildman–Crippen LogP) is 3.00. The zero-order chi connectivity index (χ0) is 9.80. The molecule has 0 saturated carbocycles. The summed E-state index contributed by atoms with van der Waals surface area (Å²) in [5, 5.41) is 0. The maximum absolute atomic E-state index is 4.33. The summed E-state index contributed by atoms with van der Waals surface area (Å²) in [5.41, 5.74) is 2.27. The Labute approximate surface area is 83.9 Å². The molecule has 0 aliphatic carbocycles. The van der Waals surface area contributed by atoms with E-state index in [0.29, 0.717) is 0 Å². The van der Waals surface area contributed by atoms with Gasteiger partial charge in [-0.3, -0.25) is 0 Å². The fourth-order valence-corrected chi connectivity index (χ4v) is 1.51. The van der Waals surface area contributed by atoms with Crippen LogP contribution in [0.25, 0.3) is 11.0 Å². The van der Waals surface area contributed by atoms with E-state index in [2.05, 4.69) is 34.7 Å². The lowest BCUT2D eigenvalue weighted by molar-refractivity contribution is 0.846. The highest BCUT2D eigenvalue weighted by atomic mass is 15.0. The molecule has 2 aromatic rings. The number of aromatic nitrogens is 2. The van der Waals surface area contributed by atoms with Crippen molar-refractivity contribution in [1.29, 1.82) is 0 Å². The fraction of sp³-hybridized carbons (Fsp3) is 0.250. The van der Waals surface area contributed by atoms with Crippen LogP contribution < -0.4 is 0 Å². The first-order valence-corrected chi connectivity index (χ1v) is 4.96. The number of allylic oxidation sites excluding steroid dienone is 2. The molecule has 1 aromatic carbocycles. The Morgan fingerprint density at radius 3 is 3.00 bits per heavy atom.